The van der Waals surface area contributed by atoms with Gasteiger partial charge in [0.2, 0.25) is 0 Å². The average Bonchev–Trinajstić information content (AvgIpc) is 2.79. The van der Waals surface area contributed by atoms with Crippen molar-refractivity contribution in [3.8, 4) is 0 Å². The Morgan fingerprint density at radius 2 is 2.10 bits per heavy atom. The number of aromatic nitrogens is 1. The molecular formula is C15H17N3OS. The fourth-order valence-electron chi connectivity index (χ4n) is 2.48. The summed E-state index contributed by atoms with van der Waals surface area (Å²) in [5, 5.41) is 2.77. The summed E-state index contributed by atoms with van der Waals surface area (Å²) in [6.45, 7) is 4.36. The largest absolute Gasteiger partial charge is 0.305 e. The zero-order valence-corrected chi connectivity index (χ0v) is 12.5. The molecule has 104 valence electrons. The van der Waals surface area contributed by atoms with Gasteiger partial charge in [-0.25, -0.2) is 4.98 Å². The molecule has 0 unspecified atom stereocenters. The molecule has 0 saturated carbocycles. The van der Waals surface area contributed by atoms with Crippen LogP contribution in [-0.2, 0) is 6.54 Å². The molecule has 0 bridgehead atoms. The van der Waals surface area contributed by atoms with E-state index in [-0.39, 0.29) is 5.91 Å². The second-order valence-electron chi connectivity index (χ2n) is 5.08. The van der Waals surface area contributed by atoms with Crippen molar-refractivity contribution in [3.05, 3.63) is 45.9 Å². The van der Waals surface area contributed by atoms with E-state index in [1.54, 1.807) is 0 Å². The molecule has 4 nitrogen and oxygen atoms in total. The summed E-state index contributed by atoms with van der Waals surface area (Å²) in [6.07, 6.45) is 0. The van der Waals surface area contributed by atoms with Crippen LogP contribution in [-0.4, -0.2) is 35.9 Å². The highest BCUT2D eigenvalue weighted by atomic mass is 32.1. The van der Waals surface area contributed by atoms with Crippen LogP contribution in [0, 0.1) is 6.92 Å². The summed E-state index contributed by atoms with van der Waals surface area (Å²) in [4.78, 5) is 21.1. The van der Waals surface area contributed by atoms with E-state index in [2.05, 4.69) is 23.0 Å². The SMILES string of the molecule is Cc1nc(C(=O)N2CCN(C)Cc3ccccc32)cs1. The van der Waals surface area contributed by atoms with Gasteiger partial charge in [0.15, 0.2) is 0 Å². The van der Waals surface area contributed by atoms with Crippen molar-refractivity contribution in [2.24, 2.45) is 0 Å². The van der Waals surface area contributed by atoms with Crippen LogP contribution in [0.3, 0.4) is 0 Å². The number of amides is 1. The first-order valence-corrected chi connectivity index (χ1v) is 7.53. The normalized spacial score (nSPS) is 15.8. The van der Waals surface area contributed by atoms with Crippen molar-refractivity contribution < 1.29 is 4.79 Å². The van der Waals surface area contributed by atoms with Gasteiger partial charge in [0.1, 0.15) is 5.69 Å². The Bertz CT molecular complexity index is 638. The molecule has 0 aliphatic carbocycles. The first-order valence-electron chi connectivity index (χ1n) is 6.65. The molecule has 0 spiro atoms. The Morgan fingerprint density at radius 1 is 1.30 bits per heavy atom. The number of carbonyl (C=O) groups excluding carboxylic acids is 1. The highest BCUT2D eigenvalue weighted by molar-refractivity contribution is 7.09. The first-order chi connectivity index (χ1) is 9.65. The van der Waals surface area contributed by atoms with Crippen LogP contribution in [0.15, 0.2) is 29.6 Å². The van der Waals surface area contributed by atoms with Crippen molar-refractivity contribution >= 4 is 22.9 Å². The first kappa shape index (κ1) is 13.3. The molecule has 0 saturated heterocycles. The topological polar surface area (TPSA) is 36.4 Å². The number of thiazole rings is 1. The van der Waals surface area contributed by atoms with Gasteiger partial charge in [0.25, 0.3) is 5.91 Å². The molecule has 1 aromatic carbocycles. The molecule has 1 aliphatic heterocycles. The number of nitrogens with zero attached hydrogens (tertiary/aromatic N) is 3. The Balaban J connectivity index is 1.99. The van der Waals surface area contributed by atoms with Crippen LogP contribution in [0.4, 0.5) is 5.69 Å². The Labute approximate surface area is 122 Å². The molecule has 0 N–H and O–H groups in total. The fourth-order valence-corrected chi connectivity index (χ4v) is 3.07. The van der Waals surface area contributed by atoms with Gasteiger partial charge in [-0.05, 0) is 25.6 Å². The standard InChI is InChI=1S/C15H17N3OS/c1-11-16-13(10-20-11)15(19)18-8-7-17(2)9-12-5-3-4-6-14(12)18/h3-6,10H,7-9H2,1-2H3. The summed E-state index contributed by atoms with van der Waals surface area (Å²) in [5.41, 5.74) is 2.74. The lowest BCUT2D eigenvalue weighted by atomic mass is 10.1. The number of hydrogen-bond acceptors (Lipinski definition) is 4. The molecule has 5 heteroatoms. The summed E-state index contributed by atoms with van der Waals surface area (Å²) in [6, 6.07) is 8.11. The molecule has 3 rings (SSSR count). The van der Waals surface area contributed by atoms with Crippen LogP contribution in [0.2, 0.25) is 0 Å². The minimum Gasteiger partial charge on any atom is -0.305 e. The Hall–Kier alpha value is -1.72. The van der Waals surface area contributed by atoms with E-state index in [0.29, 0.717) is 12.2 Å². The van der Waals surface area contributed by atoms with E-state index < -0.39 is 0 Å². The third-order valence-corrected chi connectivity index (χ3v) is 4.28. The van der Waals surface area contributed by atoms with Crippen molar-refractivity contribution in [3.63, 3.8) is 0 Å². The second kappa shape index (κ2) is 5.34. The molecule has 1 aromatic heterocycles. The van der Waals surface area contributed by atoms with Crippen molar-refractivity contribution in [2.45, 2.75) is 13.5 Å². The molecule has 2 aromatic rings. The Kier molecular flexibility index (Phi) is 3.54. The highest BCUT2D eigenvalue weighted by Crippen LogP contribution is 2.26. The number of carbonyl (C=O) groups is 1. The van der Waals surface area contributed by atoms with E-state index >= 15 is 0 Å². The van der Waals surface area contributed by atoms with Crippen LogP contribution >= 0.6 is 11.3 Å². The lowest BCUT2D eigenvalue weighted by molar-refractivity contribution is 0.0981. The minimum atomic E-state index is -0.00269. The summed E-state index contributed by atoms with van der Waals surface area (Å²) in [5.74, 6) is -0.00269. The maximum absolute atomic E-state index is 12.7. The van der Waals surface area contributed by atoms with Gasteiger partial charge in [-0.3, -0.25) is 4.79 Å². The maximum atomic E-state index is 12.7. The van der Waals surface area contributed by atoms with Crippen LogP contribution in [0.25, 0.3) is 0 Å². The van der Waals surface area contributed by atoms with Gasteiger partial charge in [-0.15, -0.1) is 11.3 Å². The zero-order chi connectivity index (χ0) is 14.1. The van der Waals surface area contributed by atoms with Gasteiger partial charge >= 0.3 is 0 Å². The van der Waals surface area contributed by atoms with Gasteiger partial charge in [-0.1, -0.05) is 18.2 Å². The third kappa shape index (κ3) is 2.46. The number of benzene rings is 1. The lowest BCUT2D eigenvalue weighted by Gasteiger charge is -2.21. The Morgan fingerprint density at radius 3 is 2.85 bits per heavy atom. The summed E-state index contributed by atoms with van der Waals surface area (Å²) < 4.78 is 0. The number of hydrogen-bond donors (Lipinski definition) is 0. The predicted octanol–water partition coefficient (Wildman–Crippen LogP) is 2.54. The molecular weight excluding hydrogens is 270 g/mol. The average molecular weight is 287 g/mol. The number of aryl methyl sites for hydroxylation is 1. The fraction of sp³-hybridized carbons (Fsp3) is 0.333. The van der Waals surface area contributed by atoms with Gasteiger partial charge < -0.3 is 9.80 Å². The third-order valence-electron chi connectivity index (χ3n) is 3.51. The quantitative estimate of drug-likeness (QED) is 0.809. The lowest BCUT2D eigenvalue weighted by Crippen LogP contribution is -2.35. The highest BCUT2D eigenvalue weighted by Gasteiger charge is 2.24. The number of anilines is 1. The van der Waals surface area contributed by atoms with E-state index in [0.717, 1.165) is 23.8 Å². The van der Waals surface area contributed by atoms with E-state index in [1.165, 1.54) is 16.9 Å². The van der Waals surface area contributed by atoms with Gasteiger partial charge in [0, 0.05) is 30.7 Å². The monoisotopic (exact) mass is 287 g/mol. The second-order valence-corrected chi connectivity index (χ2v) is 6.14. The van der Waals surface area contributed by atoms with E-state index in [4.69, 9.17) is 0 Å². The smallest absolute Gasteiger partial charge is 0.277 e. The van der Waals surface area contributed by atoms with Crippen LogP contribution in [0.5, 0.6) is 0 Å². The molecule has 0 fully saturated rings. The van der Waals surface area contributed by atoms with Crippen LogP contribution < -0.4 is 4.90 Å². The number of para-hydroxylation sites is 1. The number of rotatable bonds is 1. The molecule has 2 heterocycles. The van der Waals surface area contributed by atoms with Crippen molar-refractivity contribution in [1.29, 1.82) is 0 Å². The molecule has 1 amide bonds. The molecule has 0 atom stereocenters. The van der Waals surface area contributed by atoms with Gasteiger partial charge in [-0.2, -0.15) is 0 Å². The number of fused-ring (bicyclic) bond motifs is 1. The predicted molar refractivity (Wildman–Crippen MR) is 81.3 cm³/mol. The van der Waals surface area contributed by atoms with Gasteiger partial charge in [0.05, 0.1) is 5.01 Å². The van der Waals surface area contributed by atoms with E-state index in [9.17, 15) is 4.79 Å². The zero-order valence-electron chi connectivity index (χ0n) is 11.7. The number of likely N-dealkylation sites (N-methyl/N-ethyl adjacent to an activating group) is 1. The molecule has 0 radical (unpaired) electrons. The van der Waals surface area contributed by atoms with E-state index in [1.807, 2.05) is 35.4 Å². The van der Waals surface area contributed by atoms with Crippen LogP contribution in [0.1, 0.15) is 21.1 Å². The maximum Gasteiger partial charge on any atom is 0.277 e. The van der Waals surface area contributed by atoms with Crippen molar-refractivity contribution in [1.82, 2.24) is 9.88 Å². The molecule has 20 heavy (non-hydrogen) atoms. The molecule has 1 aliphatic rings. The minimum absolute atomic E-state index is 0.00269. The summed E-state index contributed by atoms with van der Waals surface area (Å²) in [7, 11) is 2.08. The van der Waals surface area contributed by atoms with Crippen molar-refractivity contribution in [2.75, 3.05) is 25.0 Å². The summed E-state index contributed by atoms with van der Waals surface area (Å²) >= 11 is 1.51.